The molecule has 2 aliphatic carbocycles. The molecule has 2 fully saturated rings. The van der Waals surface area contributed by atoms with Crippen LogP contribution in [0.1, 0.15) is 61.8 Å². The lowest BCUT2D eigenvalue weighted by Gasteiger charge is -2.38. The highest BCUT2D eigenvalue weighted by Crippen LogP contribution is 2.47. The number of Topliss-reactive ketones (excluding diaryl/α,β-unsaturated/α-hetero) is 1. The van der Waals surface area contributed by atoms with Crippen molar-refractivity contribution in [3.05, 3.63) is 16.8 Å². The fourth-order valence-electron chi connectivity index (χ4n) is 5.31. The molecule has 3 heterocycles. The Morgan fingerprint density at radius 1 is 1.21 bits per heavy atom. The molecule has 3 aliphatic rings. The number of thiophene rings is 1. The Hall–Kier alpha value is -1.57. The van der Waals surface area contributed by atoms with Crippen molar-refractivity contribution in [3.63, 3.8) is 0 Å². The zero-order valence-electron chi connectivity index (χ0n) is 17.1. The predicted octanol–water partition coefficient (Wildman–Crippen LogP) is 3.72. The van der Waals surface area contributed by atoms with Gasteiger partial charge in [-0.2, -0.15) is 0 Å². The van der Waals surface area contributed by atoms with Crippen LogP contribution < -0.4 is 4.74 Å². The Morgan fingerprint density at radius 2 is 2.00 bits per heavy atom. The lowest BCUT2D eigenvalue weighted by atomic mass is 9.91. The van der Waals surface area contributed by atoms with E-state index in [9.17, 15) is 4.79 Å². The van der Waals surface area contributed by atoms with Gasteiger partial charge < -0.3 is 14.3 Å². The van der Waals surface area contributed by atoms with Gasteiger partial charge in [-0.25, -0.2) is 9.97 Å². The summed E-state index contributed by atoms with van der Waals surface area (Å²) in [7, 11) is 0. The van der Waals surface area contributed by atoms with Crippen LogP contribution in [-0.2, 0) is 16.0 Å². The summed E-state index contributed by atoms with van der Waals surface area (Å²) >= 11 is 1.75. The molecule has 0 N–H and O–H groups in total. The second kappa shape index (κ2) is 8.28. The lowest BCUT2D eigenvalue weighted by Crippen LogP contribution is -2.46. The molecule has 0 bridgehead atoms. The van der Waals surface area contributed by atoms with E-state index in [-0.39, 0.29) is 11.9 Å². The number of carbonyl (C=O) groups excluding carboxylic acids is 1. The molecule has 0 spiro atoms. The summed E-state index contributed by atoms with van der Waals surface area (Å²) in [6.45, 7) is 5.52. The maximum Gasteiger partial charge on any atom is 0.225 e. The van der Waals surface area contributed by atoms with Gasteiger partial charge in [0.15, 0.2) is 0 Å². The minimum atomic E-state index is 0.216. The second-order valence-electron chi connectivity index (χ2n) is 8.64. The molecular weight excluding hydrogens is 386 g/mol. The highest BCUT2D eigenvalue weighted by Gasteiger charge is 2.32. The molecule has 1 saturated carbocycles. The van der Waals surface area contributed by atoms with Crippen LogP contribution in [-0.4, -0.2) is 59.1 Å². The van der Waals surface area contributed by atoms with Gasteiger partial charge in [0, 0.05) is 30.4 Å². The van der Waals surface area contributed by atoms with Crippen LogP contribution in [0.4, 0.5) is 0 Å². The number of rotatable bonds is 5. The van der Waals surface area contributed by atoms with E-state index in [1.54, 1.807) is 24.6 Å². The van der Waals surface area contributed by atoms with Crippen LogP contribution in [0.15, 0.2) is 6.33 Å². The Balaban J connectivity index is 1.32. The summed E-state index contributed by atoms with van der Waals surface area (Å²) in [4.78, 5) is 25.8. The van der Waals surface area contributed by atoms with Crippen molar-refractivity contribution in [1.29, 1.82) is 0 Å². The summed E-state index contributed by atoms with van der Waals surface area (Å²) in [5.74, 6) is 1.28. The molecule has 156 valence electrons. The Labute approximate surface area is 175 Å². The van der Waals surface area contributed by atoms with E-state index >= 15 is 0 Å². The van der Waals surface area contributed by atoms with E-state index in [1.165, 1.54) is 23.3 Å². The quantitative estimate of drug-likeness (QED) is 0.742. The maximum atomic E-state index is 11.8. The molecule has 2 aromatic heterocycles. The first-order chi connectivity index (χ1) is 14.2. The lowest BCUT2D eigenvalue weighted by molar-refractivity contribution is -0.117. The number of hydrogen-bond acceptors (Lipinski definition) is 7. The largest absolute Gasteiger partial charge is 0.474 e. The molecule has 1 atom stereocenters. The average Bonchev–Trinajstić information content (AvgIpc) is 3.29. The van der Waals surface area contributed by atoms with E-state index < -0.39 is 0 Å². The third-order valence-electron chi connectivity index (χ3n) is 6.71. The molecule has 2 aromatic rings. The van der Waals surface area contributed by atoms with Crippen molar-refractivity contribution < 1.29 is 14.3 Å². The number of nitrogens with zero attached hydrogens (tertiary/aromatic N) is 3. The number of hydrogen-bond donors (Lipinski definition) is 0. The monoisotopic (exact) mass is 415 g/mol. The summed E-state index contributed by atoms with van der Waals surface area (Å²) in [5.41, 5.74) is 1.29. The molecule has 1 aliphatic heterocycles. The normalized spacial score (nSPS) is 27.8. The van der Waals surface area contributed by atoms with Crippen LogP contribution in [0.2, 0.25) is 0 Å². The van der Waals surface area contributed by atoms with Crippen LogP contribution in [0.3, 0.4) is 0 Å². The molecule has 7 heteroatoms. The molecular formula is C22H29N3O3S. The SMILES string of the molecule is CC(=O)C[C@H]1CCc2sc3ncnc(O[C@H]4CC[C@H](N5CCOCC5)CC4)c3c21. The predicted molar refractivity (Wildman–Crippen MR) is 113 cm³/mol. The van der Waals surface area contributed by atoms with E-state index in [1.807, 2.05) is 0 Å². The summed E-state index contributed by atoms with van der Waals surface area (Å²) < 4.78 is 12.0. The van der Waals surface area contributed by atoms with Crippen molar-refractivity contribution in [1.82, 2.24) is 14.9 Å². The number of morpholine rings is 1. The topological polar surface area (TPSA) is 64.5 Å². The smallest absolute Gasteiger partial charge is 0.225 e. The zero-order valence-corrected chi connectivity index (χ0v) is 17.9. The standard InChI is InChI=1S/C22H29N3O3S/c1-14(26)12-15-2-7-18-19(15)20-21(23-13-24-22(20)29-18)28-17-5-3-16(4-6-17)25-8-10-27-11-9-25/h13,15-17H,2-12H2,1H3/t15-,16-,17-/m1/s1. The third kappa shape index (κ3) is 3.92. The molecule has 0 aromatic carbocycles. The van der Waals surface area contributed by atoms with Crippen molar-refractivity contribution in [2.45, 2.75) is 69.9 Å². The first-order valence-corrected chi connectivity index (χ1v) is 11.7. The van der Waals surface area contributed by atoms with E-state index in [2.05, 4.69) is 14.9 Å². The van der Waals surface area contributed by atoms with Gasteiger partial charge in [0.2, 0.25) is 5.88 Å². The summed E-state index contributed by atoms with van der Waals surface area (Å²) in [6.07, 6.45) is 9.03. The number of aromatic nitrogens is 2. The first-order valence-electron chi connectivity index (χ1n) is 10.9. The highest BCUT2D eigenvalue weighted by molar-refractivity contribution is 7.19. The summed E-state index contributed by atoms with van der Waals surface area (Å²) in [5, 5.41) is 1.08. The van der Waals surface area contributed by atoms with Gasteiger partial charge in [0.25, 0.3) is 0 Å². The first kappa shape index (κ1) is 19.4. The van der Waals surface area contributed by atoms with Gasteiger partial charge in [-0.15, -0.1) is 11.3 Å². The van der Waals surface area contributed by atoms with Gasteiger partial charge in [-0.1, -0.05) is 0 Å². The minimum absolute atomic E-state index is 0.216. The molecule has 0 unspecified atom stereocenters. The maximum absolute atomic E-state index is 11.8. The Bertz CT molecular complexity index is 885. The Kier molecular flexibility index (Phi) is 5.54. The second-order valence-corrected chi connectivity index (χ2v) is 9.72. The molecule has 0 radical (unpaired) electrons. The number of ketones is 1. The van der Waals surface area contributed by atoms with Gasteiger partial charge in [0.1, 0.15) is 23.0 Å². The number of aryl methyl sites for hydroxylation is 1. The number of ether oxygens (including phenoxy) is 2. The Morgan fingerprint density at radius 3 is 2.76 bits per heavy atom. The van der Waals surface area contributed by atoms with E-state index in [4.69, 9.17) is 9.47 Å². The van der Waals surface area contributed by atoms with Crippen molar-refractivity contribution in [2.75, 3.05) is 26.3 Å². The number of carbonyl (C=O) groups is 1. The van der Waals surface area contributed by atoms with Crippen LogP contribution in [0.5, 0.6) is 5.88 Å². The fourth-order valence-corrected chi connectivity index (χ4v) is 6.54. The van der Waals surface area contributed by atoms with Gasteiger partial charge in [-0.3, -0.25) is 4.90 Å². The van der Waals surface area contributed by atoms with E-state index in [0.29, 0.717) is 18.4 Å². The van der Waals surface area contributed by atoms with Crippen LogP contribution >= 0.6 is 11.3 Å². The van der Waals surface area contributed by atoms with Gasteiger partial charge in [0.05, 0.1) is 18.6 Å². The average molecular weight is 416 g/mol. The molecule has 5 rings (SSSR count). The number of fused-ring (bicyclic) bond motifs is 3. The third-order valence-corrected chi connectivity index (χ3v) is 7.89. The molecule has 6 nitrogen and oxygen atoms in total. The van der Waals surface area contributed by atoms with E-state index in [0.717, 1.165) is 68.1 Å². The van der Waals surface area contributed by atoms with Crippen molar-refractivity contribution in [2.24, 2.45) is 0 Å². The van der Waals surface area contributed by atoms with Crippen LogP contribution in [0.25, 0.3) is 10.2 Å². The van der Waals surface area contributed by atoms with Crippen LogP contribution in [0, 0.1) is 0 Å². The van der Waals surface area contributed by atoms with Crippen molar-refractivity contribution >= 4 is 27.3 Å². The van der Waals surface area contributed by atoms with Crippen molar-refractivity contribution in [3.8, 4) is 5.88 Å². The fraction of sp³-hybridized carbons (Fsp3) is 0.682. The molecule has 0 amide bonds. The van der Waals surface area contributed by atoms with Gasteiger partial charge >= 0.3 is 0 Å². The molecule has 1 saturated heterocycles. The molecule has 29 heavy (non-hydrogen) atoms. The zero-order chi connectivity index (χ0) is 19.8. The van der Waals surface area contributed by atoms with Gasteiger partial charge in [-0.05, 0) is 56.9 Å². The summed E-state index contributed by atoms with van der Waals surface area (Å²) in [6, 6.07) is 0.662. The highest BCUT2D eigenvalue weighted by atomic mass is 32.1. The minimum Gasteiger partial charge on any atom is -0.474 e.